The number of likely N-dealkylation sites (N-methyl/N-ethyl adjacent to an activating group) is 1. The topological polar surface area (TPSA) is 379 Å². The molecule has 29 heteroatoms. The van der Waals surface area contributed by atoms with Gasteiger partial charge in [-0.3, -0.25) is 32.3 Å². The van der Waals surface area contributed by atoms with Gasteiger partial charge in [0.25, 0.3) is 0 Å². The van der Waals surface area contributed by atoms with E-state index in [1.165, 1.54) is 43.0 Å². The molecule has 9 N–H and O–H groups in total. The number of carbonyl (C=O) groups excluding carboxylic acids is 3. The van der Waals surface area contributed by atoms with Crippen LogP contribution < -0.4 is 17.2 Å². The van der Waals surface area contributed by atoms with E-state index >= 15 is 0 Å². The molecular formula is C32H46N10O17P2. The van der Waals surface area contributed by atoms with Gasteiger partial charge in [-0.05, 0) is 18.9 Å². The van der Waals surface area contributed by atoms with E-state index in [-0.39, 0.29) is 54.4 Å². The number of ether oxygens (including phenoxy) is 3. The molecule has 0 aromatic carbocycles. The molecular weight excluding hydrogens is 858 g/mol. The smallest absolute Gasteiger partial charge is 0.455 e. The van der Waals surface area contributed by atoms with Gasteiger partial charge < -0.3 is 60.4 Å². The minimum absolute atomic E-state index is 0.0286. The maximum atomic E-state index is 14.0. The molecule has 2 amide bonds. The lowest BCUT2D eigenvalue weighted by Crippen LogP contribution is -2.47. The number of nitrogens with two attached hydrogens (primary N) is 2. The van der Waals surface area contributed by atoms with Crippen LogP contribution in [0.5, 0.6) is 0 Å². The largest absolute Gasteiger partial charge is 0.472 e. The second-order valence-corrected chi connectivity index (χ2v) is 16.6. The summed E-state index contributed by atoms with van der Waals surface area (Å²) in [5.74, 6) is -2.19. The Morgan fingerprint density at radius 1 is 0.951 bits per heavy atom. The Hall–Kier alpha value is -4.76. The number of aliphatic hydroxyl groups excluding tert-OH is 2. The molecule has 0 saturated carbocycles. The first kappa shape index (κ1) is 47.3. The number of hydrogen-bond donors (Lipinski definition) is 7. The van der Waals surface area contributed by atoms with Crippen LogP contribution in [0.2, 0.25) is 0 Å². The summed E-state index contributed by atoms with van der Waals surface area (Å²) >= 11 is 0. The summed E-state index contributed by atoms with van der Waals surface area (Å²) in [5, 5.41) is 22.8. The number of nitrogen functional groups attached to an aromatic ring is 2. The molecule has 336 valence electrons. The predicted octanol–water partition coefficient (Wildman–Crippen LogP) is -2.05. The Balaban J connectivity index is 1.42. The van der Waals surface area contributed by atoms with Crippen LogP contribution in [0, 0.1) is 0 Å². The molecule has 10 atom stereocenters. The monoisotopic (exact) mass is 904 g/mol. The van der Waals surface area contributed by atoms with Crippen molar-refractivity contribution in [3.8, 4) is 0 Å². The molecule has 27 nitrogen and oxygen atoms in total. The van der Waals surface area contributed by atoms with E-state index in [0.717, 1.165) is 28.1 Å². The molecule has 1 unspecified atom stereocenters. The molecule has 0 radical (unpaired) electrons. The summed E-state index contributed by atoms with van der Waals surface area (Å²) < 4.78 is 59.4. The highest BCUT2D eigenvalue weighted by Gasteiger charge is 2.52. The molecule has 2 fully saturated rings. The Bertz CT molecular complexity index is 2240. The molecule has 0 aliphatic carbocycles. The average Bonchev–Trinajstić information content (AvgIpc) is 3.85. The summed E-state index contributed by atoms with van der Waals surface area (Å²) in [6.07, 6.45) is -9.37. The SMILES string of the molecule is C=CCCC(=O)N(C)[C@@H](CCC(=O)N(C)C)C(=O)O[C@H]1[C@@H](O)[C@H](n2cnc3c(N)ncnc32)O[C@@H]1COP(=O)(O)O[C@H]1[C@@H](O)[C@H](n2ccc(N)nc2=O)O[C@@H]1COP(=O)(O)O. The van der Waals surface area contributed by atoms with Crippen LogP contribution in [0.1, 0.15) is 38.1 Å². The van der Waals surface area contributed by atoms with Crippen molar-refractivity contribution in [2.24, 2.45) is 0 Å². The van der Waals surface area contributed by atoms with Crippen molar-refractivity contribution in [3.63, 3.8) is 0 Å². The van der Waals surface area contributed by atoms with Gasteiger partial charge in [0.1, 0.15) is 54.2 Å². The highest BCUT2D eigenvalue weighted by atomic mass is 31.2. The average molecular weight is 905 g/mol. The van der Waals surface area contributed by atoms with Gasteiger partial charge in [-0.2, -0.15) is 4.98 Å². The Labute approximate surface area is 345 Å². The zero-order valence-corrected chi connectivity index (χ0v) is 34.6. The van der Waals surface area contributed by atoms with E-state index in [4.69, 9.17) is 34.7 Å². The lowest BCUT2D eigenvalue weighted by Gasteiger charge is -2.30. The standard InChI is InChI=1S/C32H46N10O17P2/c1-5-6-7-21(44)40(4)16(8-9-20(43)39(2)3)31(47)58-25-17(56-30(23(25)45)42-15-37-22-27(34)35-14-36-28(22)42)13-55-61(52,53)59-26-18(12-54-60(49,50)51)57-29(24(26)46)41-11-10-19(33)38-32(41)48/h5,10-11,14-18,23-26,29-30,45-46H,1,6-9,12-13H2,2-4H3,(H,52,53)(H2,33,38,48)(H2,34,35,36)(H2,49,50,51)/t16-,17+,18+,23+,24+,25+,26+,29+,30+/m0/s1. The van der Waals surface area contributed by atoms with Crippen molar-refractivity contribution in [3.05, 3.63) is 48.1 Å². The van der Waals surface area contributed by atoms with Crippen molar-refractivity contribution in [1.29, 1.82) is 0 Å². The number of aliphatic hydroxyl groups is 2. The quantitative estimate of drug-likeness (QED) is 0.0387. The minimum Gasteiger partial charge on any atom is -0.455 e. The number of esters is 1. The predicted molar refractivity (Wildman–Crippen MR) is 205 cm³/mol. The van der Waals surface area contributed by atoms with Gasteiger partial charge in [-0.15, -0.1) is 6.58 Å². The zero-order chi connectivity index (χ0) is 45.0. The second kappa shape index (κ2) is 19.5. The fraction of sp³-hybridized carbons (Fsp3) is 0.562. The van der Waals surface area contributed by atoms with Gasteiger partial charge in [-0.25, -0.2) is 33.7 Å². The summed E-state index contributed by atoms with van der Waals surface area (Å²) in [4.78, 5) is 99.7. The summed E-state index contributed by atoms with van der Waals surface area (Å²) in [7, 11) is -6.30. The molecule has 0 spiro atoms. The van der Waals surface area contributed by atoms with Crippen molar-refractivity contribution in [2.45, 2.75) is 80.8 Å². The lowest BCUT2D eigenvalue weighted by atomic mass is 10.1. The van der Waals surface area contributed by atoms with Crippen LogP contribution in [0.15, 0.2) is 42.4 Å². The van der Waals surface area contributed by atoms with Crippen LogP contribution in [0.25, 0.3) is 11.2 Å². The number of anilines is 2. The Morgan fingerprint density at radius 3 is 2.23 bits per heavy atom. The molecule has 2 saturated heterocycles. The highest BCUT2D eigenvalue weighted by molar-refractivity contribution is 7.47. The number of aromatic nitrogens is 6. The lowest BCUT2D eigenvalue weighted by molar-refractivity contribution is -0.165. The third-order valence-electron chi connectivity index (χ3n) is 9.55. The van der Waals surface area contributed by atoms with Gasteiger partial charge in [0, 0.05) is 40.2 Å². The number of fused-ring (bicyclic) bond motifs is 1. The number of rotatable bonds is 19. The van der Waals surface area contributed by atoms with Crippen molar-refractivity contribution < 1.29 is 76.2 Å². The van der Waals surface area contributed by atoms with Gasteiger partial charge in [0.15, 0.2) is 30.0 Å². The number of amides is 2. The molecule has 3 aromatic rings. The third kappa shape index (κ3) is 11.4. The fourth-order valence-corrected chi connectivity index (χ4v) is 7.69. The van der Waals surface area contributed by atoms with Crippen LogP contribution >= 0.6 is 15.6 Å². The first-order valence-electron chi connectivity index (χ1n) is 18.2. The first-order valence-corrected chi connectivity index (χ1v) is 21.2. The van der Waals surface area contributed by atoms with Crippen LogP contribution in [-0.2, 0) is 51.3 Å². The van der Waals surface area contributed by atoms with Crippen LogP contribution in [-0.4, -0.2) is 159 Å². The third-order valence-corrected chi connectivity index (χ3v) is 11.0. The van der Waals surface area contributed by atoms with E-state index in [1.807, 2.05) is 0 Å². The van der Waals surface area contributed by atoms with Gasteiger partial charge in [-0.1, -0.05) is 6.08 Å². The van der Waals surface area contributed by atoms with Crippen LogP contribution in [0.3, 0.4) is 0 Å². The minimum atomic E-state index is -5.44. The highest BCUT2D eigenvalue weighted by Crippen LogP contribution is 2.50. The number of phosphoric acid groups is 2. The summed E-state index contributed by atoms with van der Waals surface area (Å²) in [5.41, 5.74) is 10.6. The number of phosphoric ester groups is 2. The Kier molecular flexibility index (Phi) is 15.1. The second-order valence-electron chi connectivity index (χ2n) is 13.9. The number of carbonyl (C=O) groups is 3. The zero-order valence-electron chi connectivity index (χ0n) is 32.8. The van der Waals surface area contributed by atoms with Crippen molar-refractivity contribution in [2.75, 3.05) is 45.8 Å². The van der Waals surface area contributed by atoms with Gasteiger partial charge in [0.2, 0.25) is 11.8 Å². The first-order chi connectivity index (χ1) is 28.6. The summed E-state index contributed by atoms with van der Waals surface area (Å²) in [6.45, 7) is 1.56. The fourth-order valence-electron chi connectivity index (χ4n) is 6.38. The molecule has 0 bridgehead atoms. The van der Waals surface area contributed by atoms with E-state index in [2.05, 4.69) is 31.0 Å². The molecule has 3 aromatic heterocycles. The molecule has 5 heterocycles. The molecule has 5 rings (SSSR count). The van der Waals surface area contributed by atoms with Crippen molar-refractivity contribution in [1.82, 2.24) is 38.9 Å². The number of imidazole rings is 1. The van der Waals surface area contributed by atoms with Crippen LogP contribution in [0.4, 0.5) is 11.6 Å². The van der Waals surface area contributed by atoms with Gasteiger partial charge in [0.05, 0.1) is 19.5 Å². The van der Waals surface area contributed by atoms with E-state index in [9.17, 15) is 53.2 Å². The van der Waals surface area contributed by atoms with E-state index in [1.54, 1.807) is 0 Å². The van der Waals surface area contributed by atoms with Gasteiger partial charge >= 0.3 is 27.3 Å². The number of allylic oxidation sites excluding steroid dienone is 1. The maximum absolute atomic E-state index is 14.0. The normalized spacial score (nSPS) is 25.5. The molecule has 2 aliphatic heterocycles. The maximum Gasteiger partial charge on any atom is 0.472 e. The van der Waals surface area contributed by atoms with E-state index < -0.39 is 102 Å². The molecule has 2 aliphatic rings. The molecule has 61 heavy (non-hydrogen) atoms. The number of hydrogen-bond acceptors (Lipinski definition) is 20. The Morgan fingerprint density at radius 2 is 1.59 bits per heavy atom. The summed E-state index contributed by atoms with van der Waals surface area (Å²) in [6, 6.07) is -0.214. The van der Waals surface area contributed by atoms with Crippen molar-refractivity contribution >= 4 is 56.2 Å². The number of nitrogens with zero attached hydrogens (tertiary/aromatic N) is 8. The van der Waals surface area contributed by atoms with E-state index in [0.29, 0.717) is 0 Å².